The Morgan fingerprint density at radius 1 is 1.00 bits per heavy atom. The highest BCUT2D eigenvalue weighted by atomic mass is 16.4. The van der Waals surface area contributed by atoms with E-state index in [0.29, 0.717) is 0 Å². The quantitative estimate of drug-likeness (QED) is 0.544. The van der Waals surface area contributed by atoms with Crippen LogP contribution >= 0.6 is 0 Å². The SMILES string of the molecule is C=C(c1ccc(C(=O)O)cc1)c1ccc2c(c1)C(c1ccc(N(C)C)cn1)=CCC2(C)C. The first kappa shape index (κ1) is 21.6. The number of hydrogen-bond acceptors (Lipinski definition) is 3. The number of benzene rings is 2. The molecule has 1 aliphatic rings. The molecule has 0 saturated heterocycles. The van der Waals surface area contributed by atoms with E-state index in [0.717, 1.165) is 40.1 Å². The second-order valence-corrected chi connectivity index (χ2v) is 9.12. The van der Waals surface area contributed by atoms with Crippen LogP contribution in [0, 0.1) is 0 Å². The number of rotatable bonds is 5. The van der Waals surface area contributed by atoms with E-state index in [9.17, 15) is 4.79 Å². The summed E-state index contributed by atoms with van der Waals surface area (Å²) < 4.78 is 0. The third-order valence-corrected chi connectivity index (χ3v) is 6.22. The Hall–Kier alpha value is -3.66. The average Bonchev–Trinajstić information content (AvgIpc) is 2.78. The van der Waals surface area contributed by atoms with Crippen LogP contribution in [-0.4, -0.2) is 30.2 Å². The molecule has 4 nitrogen and oxygen atoms in total. The van der Waals surface area contributed by atoms with Crippen molar-refractivity contribution < 1.29 is 9.90 Å². The first-order chi connectivity index (χ1) is 15.2. The fourth-order valence-electron chi connectivity index (χ4n) is 4.16. The van der Waals surface area contributed by atoms with Gasteiger partial charge in [-0.1, -0.05) is 50.8 Å². The maximum Gasteiger partial charge on any atom is 0.335 e. The number of aromatic carboxylic acids is 1. The molecule has 1 N–H and O–H groups in total. The van der Waals surface area contributed by atoms with Gasteiger partial charge in [0.2, 0.25) is 0 Å². The molecule has 32 heavy (non-hydrogen) atoms. The van der Waals surface area contributed by atoms with Gasteiger partial charge in [-0.15, -0.1) is 0 Å². The van der Waals surface area contributed by atoms with Crippen molar-refractivity contribution in [1.82, 2.24) is 4.98 Å². The molecule has 162 valence electrons. The zero-order valence-electron chi connectivity index (χ0n) is 19.0. The number of aromatic nitrogens is 1. The minimum Gasteiger partial charge on any atom is -0.478 e. The molecule has 0 saturated carbocycles. The van der Waals surface area contributed by atoms with Gasteiger partial charge >= 0.3 is 5.97 Å². The summed E-state index contributed by atoms with van der Waals surface area (Å²) in [6, 6.07) is 17.5. The Balaban J connectivity index is 1.75. The summed E-state index contributed by atoms with van der Waals surface area (Å²) in [6.45, 7) is 8.83. The van der Waals surface area contributed by atoms with Crippen molar-refractivity contribution in [3.8, 4) is 0 Å². The predicted octanol–water partition coefficient (Wildman–Crippen LogP) is 6.02. The predicted molar refractivity (Wildman–Crippen MR) is 131 cm³/mol. The van der Waals surface area contributed by atoms with Gasteiger partial charge in [-0.05, 0) is 70.0 Å². The van der Waals surface area contributed by atoms with Crippen LogP contribution in [0.15, 0.2) is 73.4 Å². The maximum absolute atomic E-state index is 11.2. The van der Waals surface area contributed by atoms with Crippen LogP contribution < -0.4 is 4.90 Å². The van der Waals surface area contributed by atoms with E-state index in [1.807, 2.05) is 37.3 Å². The molecule has 0 atom stereocenters. The molecular formula is C28H28N2O2. The molecule has 4 heteroatoms. The monoisotopic (exact) mass is 424 g/mol. The van der Waals surface area contributed by atoms with Gasteiger partial charge in [0.15, 0.2) is 0 Å². The van der Waals surface area contributed by atoms with Gasteiger partial charge in [-0.3, -0.25) is 4.98 Å². The van der Waals surface area contributed by atoms with E-state index >= 15 is 0 Å². The number of fused-ring (bicyclic) bond motifs is 1. The summed E-state index contributed by atoms with van der Waals surface area (Å²) >= 11 is 0. The molecule has 1 aromatic heterocycles. The fourth-order valence-corrected chi connectivity index (χ4v) is 4.16. The lowest BCUT2D eigenvalue weighted by Gasteiger charge is -2.32. The molecule has 0 radical (unpaired) electrons. The summed E-state index contributed by atoms with van der Waals surface area (Å²) in [6.07, 6.45) is 5.14. The molecule has 1 aliphatic carbocycles. The summed E-state index contributed by atoms with van der Waals surface area (Å²) in [4.78, 5) is 17.9. The van der Waals surface area contributed by atoms with Gasteiger partial charge < -0.3 is 10.0 Å². The van der Waals surface area contributed by atoms with E-state index < -0.39 is 5.97 Å². The summed E-state index contributed by atoms with van der Waals surface area (Å²) in [7, 11) is 4.02. The van der Waals surface area contributed by atoms with Crippen LogP contribution in [0.25, 0.3) is 11.1 Å². The summed E-state index contributed by atoms with van der Waals surface area (Å²) in [5.74, 6) is -0.930. The highest BCUT2D eigenvalue weighted by Crippen LogP contribution is 2.42. The molecule has 0 fully saturated rings. The number of anilines is 1. The molecule has 0 bridgehead atoms. The number of pyridine rings is 1. The van der Waals surface area contributed by atoms with Gasteiger partial charge in [0, 0.05) is 19.7 Å². The van der Waals surface area contributed by atoms with Crippen molar-refractivity contribution in [2.45, 2.75) is 25.7 Å². The Kier molecular flexibility index (Phi) is 5.47. The van der Waals surface area contributed by atoms with E-state index in [-0.39, 0.29) is 11.0 Å². The largest absolute Gasteiger partial charge is 0.478 e. The lowest BCUT2D eigenvalue weighted by Crippen LogP contribution is -2.22. The second kappa shape index (κ2) is 8.12. The van der Waals surface area contributed by atoms with E-state index in [2.05, 4.69) is 56.8 Å². The van der Waals surface area contributed by atoms with Crippen molar-refractivity contribution in [3.05, 3.63) is 107 Å². The number of hydrogen-bond donors (Lipinski definition) is 1. The smallest absolute Gasteiger partial charge is 0.335 e. The zero-order chi connectivity index (χ0) is 23.0. The first-order valence-corrected chi connectivity index (χ1v) is 10.7. The highest BCUT2D eigenvalue weighted by molar-refractivity contribution is 5.89. The average molecular weight is 425 g/mol. The Bertz CT molecular complexity index is 1220. The third kappa shape index (κ3) is 3.96. The van der Waals surface area contributed by atoms with E-state index in [1.165, 1.54) is 11.1 Å². The number of carbonyl (C=O) groups is 1. The molecule has 0 amide bonds. The van der Waals surface area contributed by atoms with Gasteiger partial charge in [0.25, 0.3) is 0 Å². The first-order valence-electron chi connectivity index (χ1n) is 10.7. The van der Waals surface area contributed by atoms with Crippen molar-refractivity contribution in [2.75, 3.05) is 19.0 Å². The minimum absolute atomic E-state index is 0.0331. The highest BCUT2D eigenvalue weighted by Gasteiger charge is 2.29. The molecular weight excluding hydrogens is 396 g/mol. The van der Waals surface area contributed by atoms with Gasteiger partial charge in [-0.25, -0.2) is 4.79 Å². The fraction of sp³-hybridized carbons (Fsp3) is 0.214. The van der Waals surface area contributed by atoms with Crippen LogP contribution in [0.3, 0.4) is 0 Å². The summed E-state index contributed by atoms with van der Waals surface area (Å²) in [5.41, 5.74) is 8.72. The molecule has 0 spiro atoms. The molecule has 3 aromatic rings. The molecule has 0 aliphatic heterocycles. The van der Waals surface area contributed by atoms with Crippen LogP contribution in [0.2, 0.25) is 0 Å². The lowest BCUT2D eigenvalue weighted by molar-refractivity contribution is 0.0697. The third-order valence-electron chi connectivity index (χ3n) is 6.22. The topological polar surface area (TPSA) is 53.4 Å². The normalized spacial score (nSPS) is 14.3. The van der Waals surface area contributed by atoms with Gasteiger partial charge in [-0.2, -0.15) is 0 Å². The van der Waals surface area contributed by atoms with Gasteiger partial charge in [0.05, 0.1) is 23.1 Å². The van der Waals surface area contributed by atoms with Crippen LogP contribution in [0.5, 0.6) is 0 Å². The van der Waals surface area contributed by atoms with E-state index in [4.69, 9.17) is 10.1 Å². The Labute approximate surface area is 189 Å². The lowest BCUT2D eigenvalue weighted by atomic mass is 9.72. The molecule has 2 aromatic carbocycles. The number of carboxylic acid groups (broad SMARTS) is 1. The summed E-state index contributed by atoms with van der Waals surface area (Å²) in [5, 5.41) is 9.16. The van der Waals surface area contributed by atoms with Crippen LogP contribution in [0.4, 0.5) is 5.69 Å². The van der Waals surface area contributed by atoms with Crippen molar-refractivity contribution >= 4 is 22.8 Å². The number of nitrogens with zero attached hydrogens (tertiary/aromatic N) is 2. The van der Waals surface area contributed by atoms with Crippen molar-refractivity contribution in [2.24, 2.45) is 0 Å². The van der Waals surface area contributed by atoms with Crippen LogP contribution in [-0.2, 0) is 5.41 Å². The number of carboxylic acids is 1. The molecule has 0 unspecified atom stereocenters. The van der Waals surface area contributed by atoms with E-state index in [1.54, 1.807) is 12.1 Å². The van der Waals surface area contributed by atoms with Crippen molar-refractivity contribution in [3.63, 3.8) is 0 Å². The maximum atomic E-state index is 11.2. The number of allylic oxidation sites excluding steroid dienone is 1. The van der Waals surface area contributed by atoms with Crippen LogP contribution in [0.1, 0.15) is 58.6 Å². The zero-order valence-corrected chi connectivity index (χ0v) is 19.0. The Morgan fingerprint density at radius 3 is 2.25 bits per heavy atom. The standard InChI is InChI=1S/C28H28N2O2/c1-18(19-6-8-20(9-7-19)27(31)32)21-10-12-25-24(16-21)23(14-15-28(25,2)3)26-13-11-22(17-29-26)30(4)5/h6-14,16-17H,1,15H2,2-5H3,(H,31,32). The molecule has 4 rings (SSSR count). The Morgan fingerprint density at radius 2 is 1.66 bits per heavy atom. The second-order valence-electron chi connectivity index (χ2n) is 9.12. The molecule has 1 heterocycles. The van der Waals surface area contributed by atoms with Gasteiger partial charge in [0.1, 0.15) is 0 Å². The van der Waals surface area contributed by atoms with Crippen molar-refractivity contribution in [1.29, 1.82) is 0 Å². The minimum atomic E-state index is -0.930.